The predicted molar refractivity (Wildman–Crippen MR) is 195 cm³/mol. The molecule has 46 heavy (non-hydrogen) atoms. The van der Waals surface area contributed by atoms with Gasteiger partial charge in [-0.3, -0.25) is 9.80 Å². The Labute approximate surface area is 274 Å². The Morgan fingerprint density at radius 2 is 1.26 bits per heavy atom. The van der Waals surface area contributed by atoms with Crippen molar-refractivity contribution in [3.05, 3.63) is 114 Å². The highest BCUT2D eigenvalue weighted by Gasteiger charge is 2.45. The molecule has 3 heterocycles. The number of benzene rings is 4. The van der Waals surface area contributed by atoms with Crippen LogP contribution in [0.15, 0.2) is 91.3 Å². The second-order valence-electron chi connectivity index (χ2n) is 16.0. The van der Waals surface area contributed by atoms with Crippen LogP contribution in [0.2, 0.25) is 0 Å². The van der Waals surface area contributed by atoms with Crippen molar-refractivity contribution >= 4 is 57.5 Å². The van der Waals surface area contributed by atoms with Crippen molar-refractivity contribution in [1.82, 2.24) is 9.97 Å². The molecule has 0 radical (unpaired) electrons. The summed E-state index contributed by atoms with van der Waals surface area (Å²) < 4.78 is 0. The summed E-state index contributed by atoms with van der Waals surface area (Å²) >= 11 is 0. The molecule has 5 aromatic rings. The quantitative estimate of drug-likeness (QED) is 0.186. The molecule has 0 atom stereocenters. The van der Waals surface area contributed by atoms with Gasteiger partial charge in [0.1, 0.15) is 18.0 Å². The summed E-state index contributed by atoms with van der Waals surface area (Å²) in [5, 5.41) is 0. The summed E-state index contributed by atoms with van der Waals surface area (Å²) in [6.45, 7) is 18.6. The van der Waals surface area contributed by atoms with Gasteiger partial charge in [-0.2, -0.15) is 0 Å². The Bertz CT molecular complexity index is 2020. The summed E-state index contributed by atoms with van der Waals surface area (Å²) in [4.78, 5) is 14.9. The number of nitrogens with zero attached hydrogens (tertiary/aromatic N) is 4. The highest BCUT2D eigenvalue weighted by atomic mass is 15.3. The Morgan fingerprint density at radius 1 is 0.652 bits per heavy atom. The van der Waals surface area contributed by atoms with Gasteiger partial charge in [0.2, 0.25) is 0 Å². The van der Waals surface area contributed by atoms with E-state index in [9.17, 15) is 0 Å². The highest BCUT2D eigenvalue weighted by Crippen LogP contribution is 2.49. The smallest absolute Gasteiger partial charge is 0.256 e. The van der Waals surface area contributed by atoms with E-state index in [1.165, 1.54) is 57.4 Å². The molecular weight excluding hydrogens is 559 g/mol. The first-order valence-corrected chi connectivity index (χ1v) is 16.8. The number of anilines is 6. The highest BCUT2D eigenvalue weighted by molar-refractivity contribution is 7.00. The maximum absolute atomic E-state index is 5.10. The van der Waals surface area contributed by atoms with E-state index in [1.807, 2.05) is 0 Å². The van der Waals surface area contributed by atoms with E-state index in [4.69, 9.17) is 9.97 Å². The number of hydrogen-bond donors (Lipinski definition) is 0. The molecule has 0 unspecified atom stereocenters. The Balaban J connectivity index is 1.38. The molecule has 5 heteroatoms. The van der Waals surface area contributed by atoms with Crippen molar-refractivity contribution in [2.24, 2.45) is 0 Å². The van der Waals surface area contributed by atoms with Crippen LogP contribution in [0.5, 0.6) is 0 Å². The fourth-order valence-electron chi connectivity index (χ4n) is 8.09. The third-order valence-electron chi connectivity index (χ3n) is 10.9. The minimum Gasteiger partial charge on any atom is -0.296 e. The molecule has 0 saturated heterocycles. The van der Waals surface area contributed by atoms with E-state index in [-0.39, 0.29) is 23.0 Å². The van der Waals surface area contributed by atoms with Crippen molar-refractivity contribution in [2.75, 3.05) is 9.80 Å². The molecule has 8 rings (SSSR count). The number of aromatic nitrogens is 2. The van der Waals surface area contributed by atoms with Crippen LogP contribution in [-0.4, -0.2) is 16.7 Å². The zero-order valence-electron chi connectivity index (χ0n) is 28.4. The second kappa shape index (κ2) is 9.81. The zero-order chi connectivity index (χ0) is 32.2. The second-order valence-corrected chi connectivity index (χ2v) is 16.0. The standard InChI is InChI=1S/C41H43BN4/c1-26-13-20-35-33(23-26)42-32-11-9-10-12-34(32)46(29-18-19-30-31(24-29)41(7,8)22-21-40(30,5)6)38-36(42)37(43-25-44-38)45(35)28-16-14-27(15-17-28)39(2,3)4/h9-20,23-25H,21-22H2,1-8H3. The first-order valence-electron chi connectivity index (χ1n) is 16.8. The summed E-state index contributed by atoms with van der Waals surface area (Å²) in [6.07, 6.45) is 4.13. The largest absolute Gasteiger partial charge is 0.296 e. The van der Waals surface area contributed by atoms with Crippen LogP contribution in [0.1, 0.15) is 83.6 Å². The number of fused-ring (bicyclic) bond motifs is 5. The van der Waals surface area contributed by atoms with E-state index in [1.54, 1.807) is 6.33 Å². The molecule has 1 aromatic heterocycles. The van der Waals surface area contributed by atoms with Gasteiger partial charge in [-0.15, -0.1) is 0 Å². The minimum absolute atomic E-state index is 0.0339. The summed E-state index contributed by atoms with van der Waals surface area (Å²) in [7, 11) is 0. The van der Waals surface area contributed by atoms with Crippen LogP contribution in [0, 0.1) is 6.92 Å². The first kappa shape index (κ1) is 29.1. The molecule has 3 aliphatic rings. The number of hydrogen-bond acceptors (Lipinski definition) is 4. The first-order chi connectivity index (χ1) is 21.8. The summed E-state index contributed by atoms with van der Waals surface area (Å²) in [6, 6.07) is 32.0. The Morgan fingerprint density at radius 3 is 1.96 bits per heavy atom. The van der Waals surface area contributed by atoms with Crippen molar-refractivity contribution in [3.8, 4) is 0 Å². The van der Waals surface area contributed by atoms with Crippen LogP contribution >= 0.6 is 0 Å². The Hall–Kier alpha value is -4.38. The molecule has 0 spiro atoms. The van der Waals surface area contributed by atoms with Gasteiger partial charge < -0.3 is 0 Å². The van der Waals surface area contributed by atoms with Gasteiger partial charge in [0.25, 0.3) is 6.71 Å². The average Bonchev–Trinajstić information content (AvgIpc) is 3.03. The molecule has 0 saturated carbocycles. The topological polar surface area (TPSA) is 32.3 Å². The molecule has 0 N–H and O–H groups in total. The number of aryl methyl sites for hydroxylation is 1. The van der Waals surface area contributed by atoms with Crippen molar-refractivity contribution in [2.45, 2.75) is 84.5 Å². The fourth-order valence-corrected chi connectivity index (χ4v) is 8.09. The van der Waals surface area contributed by atoms with E-state index in [2.05, 4.69) is 150 Å². The zero-order valence-corrected chi connectivity index (χ0v) is 28.4. The molecule has 230 valence electrons. The predicted octanol–water partition coefficient (Wildman–Crippen LogP) is 8.51. The lowest BCUT2D eigenvalue weighted by Crippen LogP contribution is -2.62. The van der Waals surface area contributed by atoms with Gasteiger partial charge in [0.05, 0.1) is 0 Å². The fraction of sp³-hybridized carbons (Fsp3) is 0.317. The molecule has 0 amide bonds. The minimum atomic E-state index is 0.0339. The lowest BCUT2D eigenvalue weighted by atomic mass is 9.34. The van der Waals surface area contributed by atoms with Gasteiger partial charge in [0, 0.05) is 28.2 Å². The van der Waals surface area contributed by atoms with Gasteiger partial charge in [-0.1, -0.05) is 103 Å². The monoisotopic (exact) mass is 602 g/mol. The molecular formula is C41H43BN4. The maximum atomic E-state index is 5.10. The average molecular weight is 603 g/mol. The van der Waals surface area contributed by atoms with E-state index >= 15 is 0 Å². The van der Waals surface area contributed by atoms with Crippen molar-refractivity contribution in [1.29, 1.82) is 0 Å². The van der Waals surface area contributed by atoms with Gasteiger partial charge in [-0.05, 0) is 100 Å². The Kier molecular flexibility index (Phi) is 6.20. The molecule has 0 fully saturated rings. The van der Waals surface area contributed by atoms with Crippen LogP contribution < -0.4 is 26.2 Å². The van der Waals surface area contributed by atoms with Gasteiger partial charge in [-0.25, -0.2) is 9.97 Å². The van der Waals surface area contributed by atoms with Crippen LogP contribution in [0.25, 0.3) is 0 Å². The normalized spacial score (nSPS) is 17.2. The van der Waals surface area contributed by atoms with Crippen molar-refractivity contribution in [3.63, 3.8) is 0 Å². The third kappa shape index (κ3) is 4.27. The van der Waals surface area contributed by atoms with E-state index in [0.717, 1.165) is 28.5 Å². The molecule has 0 bridgehead atoms. The van der Waals surface area contributed by atoms with E-state index in [0.29, 0.717) is 0 Å². The summed E-state index contributed by atoms with van der Waals surface area (Å²) in [5.74, 6) is 1.92. The molecule has 1 aliphatic carbocycles. The number of para-hydroxylation sites is 1. The SMILES string of the molecule is Cc1ccc2c(c1)B1c3ccccc3N(c3ccc4c(c3)C(C)(C)CCC4(C)C)c3ncnc(c31)N2c1ccc(C(C)(C)C)cc1. The molecule has 4 nitrogen and oxygen atoms in total. The van der Waals surface area contributed by atoms with Gasteiger partial charge >= 0.3 is 0 Å². The maximum Gasteiger partial charge on any atom is 0.256 e. The number of rotatable bonds is 2. The van der Waals surface area contributed by atoms with Crippen molar-refractivity contribution < 1.29 is 0 Å². The lowest BCUT2D eigenvalue weighted by Gasteiger charge is -2.44. The van der Waals surface area contributed by atoms with Crippen LogP contribution in [0.3, 0.4) is 0 Å². The summed E-state index contributed by atoms with van der Waals surface area (Å²) in [5.41, 5.74) is 14.2. The van der Waals surface area contributed by atoms with E-state index < -0.39 is 0 Å². The lowest BCUT2D eigenvalue weighted by molar-refractivity contribution is 0.332. The van der Waals surface area contributed by atoms with Gasteiger partial charge in [0.15, 0.2) is 0 Å². The third-order valence-corrected chi connectivity index (χ3v) is 10.9. The molecule has 4 aromatic carbocycles. The van der Waals surface area contributed by atoms with Crippen LogP contribution in [-0.2, 0) is 16.2 Å². The van der Waals surface area contributed by atoms with Crippen LogP contribution in [0.4, 0.5) is 34.4 Å². The molecule has 2 aliphatic heterocycles.